The molecule has 1 heterocycles. The molecule has 0 aliphatic carbocycles. The summed E-state index contributed by atoms with van der Waals surface area (Å²) in [6.07, 6.45) is 0. The fraction of sp³-hybridized carbons (Fsp3) is 0.240. The summed E-state index contributed by atoms with van der Waals surface area (Å²) < 4.78 is 15.9. The largest absolute Gasteiger partial charge is 0.497 e. The van der Waals surface area contributed by atoms with E-state index < -0.39 is 17.8 Å². The van der Waals surface area contributed by atoms with Crippen molar-refractivity contribution in [3.63, 3.8) is 0 Å². The summed E-state index contributed by atoms with van der Waals surface area (Å²) >= 11 is 0.999. The highest BCUT2D eigenvalue weighted by atomic mass is 32.1. The van der Waals surface area contributed by atoms with Gasteiger partial charge in [-0.2, -0.15) is 0 Å². The molecule has 0 unspecified atom stereocenters. The lowest BCUT2D eigenvalue weighted by molar-refractivity contribution is -0.118. The predicted molar refractivity (Wildman–Crippen MR) is 131 cm³/mol. The molecule has 34 heavy (non-hydrogen) atoms. The van der Waals surface area contributed by atoms with E-state index >= 15 is 0 Å². The molecule has 3 rings (SSSR count). The number of carbonyl (C=O) groups is 3. The second-order valence-electron chi connectivity index (χ2n) is 7.27. The molecule has 0 saturated heterocycles. The average molecular weight is 483 g/mol. The normalized spacial score (nSPS) is 10.4. The quantitative estimate of drug-likeness (QED) is 0.424. The Balaban J connectivity index is 1.82. The van der Waals surface area contributed by atoms with Crippen molar-refractivity contribution in [3.05, 3.63) is 70.1 Å². The van der Waals surface area contributed by atoms with E-state index in [-0.39, 0.29) is 28.7 Å². The molecule has 3 aromatic rings. The number of methoxy groups -OCH3 is 1. The number of ether oxygens (including phenoxy) is 3. The van der Waals surface area contributed by atoms with Crippen LogP contribution in [0.4, 0.5) is 10.7 Å². The molecule has 0 aliphatic rings. The van der Waals surface area contributed by atoms with Crippen LogP contribution in [0.15, 0.2) is 48.5 Å². The number of rotatable bonds is 9. The predicted octanol–water partition coefficient (Wildman–Crippen LogP) is 4.82. The first-order valence-electron chi connectivity index (χ1n) is 10.6. The maximum absolute atomic E-state index is 13.0. The number of nitrogens with one attached hydrogen (secondary N) is 2. The van der Waals surface area contributed by atoms with Crippen molar-refractivity contribution >= 4 is 39.8 Å². The lowest BCUT2D eigenvalue weighted by Crippen LogP contribution is -2.21. The Bertz CT molecular complexity index is 1200. The van der Waals surface area contributed by atoms with Crippen molar-refractivity contribution in [2.75, 3.05) is 31.0 Å². The van der Waals surface area contributed by atoms with E-state index in [2.05, 4.69) is 10.6 Å². The number of benzene rings is 2. The molecule has 2 amide bonds. The van der Waals surface area contributed by atoms with Gasteiger partial charge < -0.3 is 24.8 Å². The highest BCUT2D eigenvalue weighted by Crippen LogP contribution is 2.34. The maximum atomic E-state index is 13.0. The lowest BCUT2D eigenvalue weighted by Gasteiger charge is -2.10. The number of anilines is 2. The molecule has 2 N–H and O–H groups in total. The number of para-hydroxylation sites is 1. The molecule has 8 nitrogen and oxygen atoms in total. The van der Waals surface area contributed by atoms with Crippen molar-refractivity contribution in [1.29, 1.82) is 0 Å². The number of esters is 1. The van der Waals surface area contributed by atoms with Crippen molar-refractivity contribution in [1.82, 2.24) is 0 Å². The zero-order chi connectivity index (χ0) is 24.7. The van der Waals surface area contributed by atoms with E-state index in [9.17, 15) is 14.4 Å². The minimum absolute atomic E-state index is 0.145. The van der Waals surface area contributed by atoms with E-state index in [0.717, 1.165) is 16.9 Å². The zero-order valence-electron chi connectivity index (χ0n) is 19.4. The fourth-order valence-electron chi connectivity index (χ4n) is 3.18. The molecule has 0 bridgehead atoms. The third-order valence-electron chi connectivity index (χ3n) is 4.87. The monoisotopic (exact) mass is 482 g/mol. The SMILES string of the molecule is CCOC(=O)c1c(NC(=O)COc2ccccc2C)sc(C(=O)Nc2cccc(OC)c2)c1C. The van der Waals surface area contributed by atoms with Crippen LogP contribution in [0.3, 0.4) is 0 Å². The lowest BCUT2D eigenvalue weighted by atomic mass is 10.1. The highest BCUT2D eigenvalue weighted by Gasteiger charge is 2.27. The van der Waals surface area contributed by atoms with Gasteiger partial charge in [-0.1, -0.05) is 24.3 Å². The highest BCUT2D eigenvalue weighted by molar-refractivity contribution is 7.19. The fourth-order valence-corrected chi connectivity index (χ4v) is 4.29. The van der Waals surface area contributed by atoms with Gasteiger partial charge in [-0.05, 0) is 50.1 Å². The molecule has 9 heteroatoms. The Hall–Kier alpha value is -3.85. The molecule has 0 radical (unpaired) electrons. The molecule has 0 saturated carbocycles. The molecule has 0 atom stereocenters. The summed E-state index contributed by atoms with van der Waals surface area (Å²) in [5.74, 6) is -0.321. The van der Waals surface area contributed by atoms with Gasteiger partial charge >= 0.3 is 5.97 Å². The van der Waals surface area contributed by atoms with Gasteiger partial charge in [-0.15, -0.1) is 11.3 Å². The van der Waals surface area contributed by atoms with Gasteiger partial charge in [0, 0.05) is 11.8 Å². The van der Waals surface area contributed by atoms with E-state index in [0.29, 0.717) is 22.7 Å². The van der Waals surface area contributed by atoms with E-state index in [1.807, 2.05) is 25.1 Å². The van der Waals surface area contributed by atoms with Crippen LogP contribution in [0.25, 0.3) is 0 Å². The van der Waals surface area contributed by atoms with Crippen LogP contribution in [0.5, 0.6) is 11.5 Å². The Kier molecular flexibility index (Phi) is 8.26. The first kappa shape index (κ1) is 24.8. The number of aryl methyl sites for hydroxylation is 1. The van der Waals surface area contributed by atoms with Gasteiger partial charge in [0.25, 0.3) is 11.8 Å². The van der Waals surface area contributed by atoms with Gasteiger partial charge in [0.15, 0.2) is 6.61 Å². The third-order valence-corrected chi connectivity index (χ3v) is 6.07. The standard InChI is InChI=1S/C25H26N2O6S/c1-5-32-25(30)21-16(3)22(23(29)26-17-10-8-11-18(13-17)31-4)34-24(21)27-20(28)14-33-19-12-7-6-9-15(19)2/h6-13H,5,14H2,1-4H3,(H,26,29)(H,27,28). The maximum Gasteiger partial charge on any atom is 0.341 e. The van der Waals surface area contributed by atoms with Crippen LogP contribution >= 0.6 is 11.3 Å². The number of carbonyl (C=O) groups excluding carboxylic acids is 3. The number of hydrogen-bond donors (Lipinski definition) is 2. The second kappa shape index (κ2) is 11.3. The first-order chi connectivity index (χ1) is 16.3. The van der Waals surface area contributed by atoms with Crippen LogP contribution in [0.1, 0.15) is 38.1 Å². The number of amides is 2. The van der Waals surface area contributed by atoms with Gasteiger partial charge in [0.1, 0.15) is 16.5 Å². The zero-order valence-corrected chi connectivity index (χ0v) is 20.2. The molecule has 1 aromatic heterocycles. The van der Waals surface area contributed by atoms with Gasteiger partial charge in [-0.25, -0.2) is 4.79 Å². The van der Waals surface area contributed by atoms with Crippen LogP contribution in [0, 0.1) is 13.8 Å². The third kappa shape index (κ3) is 5.93. The minimum atomic E-state index is -0.619. The molecule has 0 fully saturated rings. The van der Waals surface area contributed by atoms with Gasteiger partial charge in [0.05, 0.1) is 24.2 Å². The van der Waals surface area contributed by atoms with E-state index in [4.69, 9.17) is 14.2 Å². The molecular weight excluding hydrogens is 456 g/mol. The van der Waals surface area contributed by atoms with Crippen molar-refractivity contribution < 1.29 is 28.6 Å². The first-order valence-corrected chi connectivity index (χ1v) is 11.4. The molecule has 178 valence electrons. The van der Waals surface area contributed by atoms with Crippen LogP contribution in [-0.4, -0.2) is 38.1 Å². The summed E-state index contributed by atoms with van der Waals surface area (Å²) in [6.45, 7) is 5.10. The van der Waals surface area contributed by atoms with E-state index in [1.54, 1.807) is 44.2 Å². The summed E-state index contributed by atoms with van der Waals surface area (Å²) in [6, 6.07) is 14.2. The molecular formula is C25H26N2O6S. The Morgan fingerprint density at radius 3 is 2.47 bits per heavy atom. The minimum Gasteiger partial charge on any atom is -0.497 e. The summed E-state index contributed by atoms with van der Waals surface area (Å²) in [5.41, 5.74) is 1.99. The number of thiophene rings is 1. The second-order valence-corrected chi connectivity index (χ2v) is 8.29. The average Bonchev–Trinajstić information content (AvgIpc) is 3.14. The van der Waals surface area contributed by atoms with Crippen LogP contribution in [-0.2, 0) is 9.53 Å². The van der Waals surface area contributed by atoms with E-state index in [1.165, 1.54) is 7.11 Å². The Labute approximate surface area is 201 Å². The summed E-state index contributed by atoms with van der Waals surface area (Å²) in [5, 5.41) is 5.71. The summed E-state index contributed by atoms with van der Waals surface area (Å²) in [7, 11) is 1.54. The summed E-state index contributed by atoms with van der Waals surface area (Å²) in [4.78, 5) is 38.5. The van der Waals surface area contributed by atoms with Crippen molar-refractivity contribution in [2.24, 2.45) is 0 Å². The van der Waals surface area contributed by atoms with Crippen molar-refractivity contribution in [3.8, 4) is 11.5 Å². The topological polar surface area (TPSA) is 103 Å². The van der Waals surface area contributed by atoms with Gasteiger partial charge in [-0.3, -0.25) is 9.59 Å². The van der Waals surface area contributed by atoms with Crippen molar-refractivity contribution in [2.45, 2.75) is 20.8 Å². The molecule has 2 aromatic carbocycles. The van der Waals surface area contributed by atoms with Gasteiger partial charge in [0.2, 0.25) is 0 Å². The molecule has 0 spiro atoms. The smallest absolute Gasteiger partial charge is 0.341 e. The Morgan fingerprint density at radius 2 is 1.76 bits per heavy atom. The number of hydrogen-bond acceptors (Lipinski definition) is 7. The molecule has 0 aliphatic heterocycles. The Morgan fingerprint density at radius 1 is 1.00 bits per heavy atom. The van der Waals surface area contributed by atoms with Crippen LogP contribution in [0.2, 0.25) is 0 Å². The van der Waals surface area contributed by atoms with Crippen LogP contribution < -0.4 is 20.1 Å².